The number of halogens is 1. The lowest BCUT2D eigenvalue weighted by atomic mass is 9.79. The summed E-state index contributed by atoms with van der Waals surface area (Å²) >= 11 is 0. The zero-order chi connectivity index (χ0) is 23.4. The Morgan fingerprint density at radius 1 is 0.677 bits per heavy atom. The average molecular weight is 440 g/mol. The number of hydrogen-bond donors (Lipinski definition) is 4. The van der Waals surface area contributed by atoms with Crippen molar-refractivity contribution in [3.8, 4) is 0 Å². The molecule has 31 heavy (non-hydrogen) atoms. The molecular formula is C21H38FN7O2. The normalized spacial score (nSPS) is 26.5. The second kappa shape index (κ2) is 7.75. The minimum absolute atomic E-state index is 0.0291. The van der Waals surface area contributed by atoms with Gasteiger partial charge in [0.15, 0.2) is 0 Å². The predicted molar refractivity (Wildman–Crippen MR) is 117 cm³/mol. The molecule has 0 saturated carbocycles. The van der Waals surface area contributed by atoms with E-state index in [2.05, 4.69) is 25.6 Å². The molecular weight excluding hydrogens is 401 g/mol. The Morgan fingerprint density at radius 3 is 1.26 bits per heavy atom. The van der Waals surface area contributed by atoms with Crippen LogP contribution in [0.2, 0.25) is 0 Å². The minimum Gasteiger partial charge on any atom is -0.351 e. The van der Waals surface area contributed by atoms with Crippen LogP contribution in [0.4, 0.5) is 16.3 Å². The highest BCUT2D eigenvalue weighted by molar-refractivity contribution is 5.35. The van der Waals surface area contributed by atoms with Crippen molar-refractivity contribution in [1.29, 1.82) is 0 Å². The fourth-order valence-corrected chi connectivity index (χ4v) is 5.59. The van der Waals surface area contributed by atoms with Gasteiger partial charge < -0.3 is 21.0 Å². The summed E-state index contributed by atoms with van der Waals surface area (Å²) in [6.45, 7) is 15.8. The molecule has 0 radical (unpaired) electrons. The van der Waals surface area contributed by atoms with E-state index in [1.54, 1.807) is 0 Å². The standard InChI is InChI=1S/C21H38FN7O2/c1-18(2)9-13(10-19(3,4)28(18)30)23-16-25-15(22)26-17(27-16)24-14-11-20(5,6)29(31)21(7,8)12-14/h13-14,30-31H,9-12H2,1-8H3,(H2,23,24,25,26,27). The molecule has 9 nitrogen and oxygen atoms in total. The van der Waals surface area contributed by atoms with Gasteiger partial charge in [0, 0.05) is 34.2 Å². The highest BCUT2D eigenvalue weighted by Crippen LogP contribution is 2.39. The van der Waals surface area contributed by atoms with Gasteiger partial charge in [-0.15, -0.1) is 0 Å². The van der Waals surface area contributed by atoms with Crippen molar-refractivity contribution in [2.24, 2.45) is 0 Å². The summed E-state index contributed by atoms with van der Waals surface area (Å²) in [5.74, 6) is 0.354. The fraction of sp³-hybridized carbons (Fsp3) is 0.857. The smallest absolute Gasteiger partial charge is 0.315 e. The zero-order valence-corrected chi connectivity index (χ0v) is 20.0. The first-order valence-corrected chi connectivity index (χ1v) is 10.9. The Hall–Kier alpha value is -1.62. The Labute approximate surface area is 184 Å². The highest BCUT2D eigenvalue weighted by Gasteiger charge is 2.46. The summed E-state index contributed by atoms with van der Waals surface area (Å²) in [5.41, 5.74) is -1.77. The largest absolute Gasteiger partial charge is 0.351 e. The predicted octanol–water partition coefficient (Wildman–Crippen LogP) is 3.66. The first-order valence-electron chi connectivity index (χ1n) is 10.9. The quantitative estimate of drug-likeness (QED) is 0.559. The molecule has 10 heteroatoms. The Balaban J connectivity index is 1.75. The first-order chi connectivity index (χ1) is 14.0. The molecule has 0 atom stereocenters. The van der Waals surface area contributed by atoms with Crippen molar-refractivity contribution < 1.29 is 14.8 Å². The third-order valence-electron chi connectivity index (χ3n) is 6.55. The van der Waals surface area contributed by atoms with Gasteiger partial charge in [0.2, 0.25) is 11.9 Å². The maximum atomic E-state index is 14.2. The average Bonchev–Trinajstić information content (AvgIpc) is 2.56. The number of piperidine rings is 2. The Bertz CT molecular complexity index is 717. The molecule has 176 valence electrons. The molecule has 1 aromatic heterocycles. The van der Waals surface area contributed by atoms with Crippen molar-refractivity contribution in [2.75, 3.05) is 10.6 Å². The van der Waals surface area contributed by atoms with Crippen LogP contribution in [-0.2, 0) is 0 Å². The molecule has 4 N–H and O–H groups in total. The summed E-state index contributed by atoms with van der Waals surface area (Å²) in [5, 5.41) is 30.3. The number of rotatable bonds is 4. The van der Waals surface area contributed by atoms with E-state index < -0.39 is 28.2 Å². The molecule has 0 bridgehead atoms. The van der Waals surface area contributed by atoms with Crippen LogP contribution in [0.15, 0.2) is 0 Å². The lowest BCUT2D eigenvalue weighted by Crippen LogP contribution is -2.61. The van der Waals surface area contributed by atoms with Crippen LogP contribution in [-0.4, -0.2) is 69.7 Å². The van der Waals surface area contributed by atoms with E-state index in [4.69, 9.17) is 0 Å². The van der Waals surface area contributed by atoms with E-state index in [-0.39, 0.29) is 24.0 Å². The van der Waals surface area contributed by atoms with Crippen LogP contribution in [0.1, 0.15) is 81.1 Å². The molecule has 0 unspecified atom stereocenters. The molecule has 0 aromatic carbocycles. The maximum absolute atomic E-state index is 14.2. The number of anilines is 2. The number of aromatic nitrogens is 3. The van der Waals surface area contributed by atoms with Crippen LogP contribution in [0, 0.1) is 6.08 Å². The number of hydroxylamine groups is 4. The van der Waals surface area contributed by atoms with E-state index in [1.807, 2.05) is 55.4 Å². The van der Waals surface area contributed by atoms with Crippen LogP contribution in [0.5, 0.6) is 0 Å². The molecule has 2 aliphatic heterocycles. The number of hydrogen-bond acceptors (Lipinski definition) is 9. The molecule has 3 rings (SSSR count). The Morgan fingerprint density at radius 2 is 0.968 bits per heavy atom. The van der Waals surface area contributed by atoms with Gasteiger partial charge in [0.05, 0.1) is 0 Å². The third-order valence-corrected chi connectivity index (χ3v) is 6.55. The molecule has 0 spiro atoms. The fourth-order valence-electron chi connectivity index (χ4n) is 5.59. The lowest BCUT2D eigenvalue weighted by Gasteiger charge is -2.51. The van der Waals surface area contributed by atoms with Crippen LogP contribution in [0.3, 0.4) is 0 Å². The minimum atomic E-state index is -0.851. The Kier molecular flexibility index (Phi) is 6.01. The van der Waals surface area contributed by atoms with E-state index in [1.165, 1.54) is 10.1 Å². The van der Waals surface area contributed by atoms with Gasteiger partial charge in [-0.05, 0) is 81.1 Å². The van der Waals surface area contributed by atoms with Gasteiger partial charge in [-0.1, -0.05) is 0 Å². The molecule has 1 aromatic rings. The topological polar surface area (TPSA) is 110 Å². The summed E-state index contributed by atoms with van der Waals surface area (Å²) in [6.07, 6.45) is 1.76. The van der Waals surface area contributed by atoms with Crippen LogP contribution in [0.25, 0.3) is 0 Å². The SMILES string of the molecule is CC1(C)CC(Nc2nc(F)nc(NC3CC(C)(C)N(O)C(C)(C)C3)n2)CC(C)(C)N1O. The van der Waals surface area contributed by atoms with Crippen LogP contribution < -0.4 is 10.6 Å². The van der Waals surface area contributed by atoms with Gasteiger partial charge in [-0.2, -0.15) is 29.5 Å². The molecule has 2 saturated heterocycles. The maximum Gasteiger partial charge on any atom is 0.315 e. The number of nitrogens with one attached hydrogen (secondary N) is 2. The van der Waals surface area contributed by atoms with E-state index in [0.717, 1.165) is 0 Å². The molecule has 2 fully saturated rings. The summed E-state index contributed by atoms with van der Waals surface area (Å²) in [6, 6.07) is -0.0583. The van der Waals surface area contributed by atoms with Gasteiger partial charge in [-0.3, -0.25) is 0 Å². The van der Waals surface area contributed by atoms with Crippen molar-refractivity contribution in [3.05, 3.63) is 6.08 Å². The van der Waals surface area contributed by atoms with E-state index in [9.17, 15) is 14.8 Å². The van der Waals surface area contributed by atoms with Crippen LogP contribution >= 0.6 is 0 Å². The third kappa shape index (κ3) is 5.08. The van der Waals surface area contributed by atoms with Gasteiger partial charge in [-0.25, -0.2) is 0 Å². The second-order valence-corrected chi connectivity index (χ2v) is 11.6. The molecule has 0 aliphatic carbocycles. The summed E-state index contributed by atoms with van der Waals surface area (Å²) in [4.78, 5) is 12.1. The molecule has 2 aliphatic rings. The zero-order valence-electron chi connectivity index (χ0n) is 20.0. The summed E-state index contributed by atoms with van der Waals surface area (Å²) < 4.78 is 14.2. The van der Waals surface area contributed by atoms with Crippen molar-refractivity contribution >= 4 is 11.9 Å². The van der Waals surface area contributed by atoms with Crippen molar-refractivity contribution in [2.45, 2.75) is 115 Å². The monoisotopic (exact) mass is 439 g/mol. The lowest BCUT2D eigenvalue weighted by molar-refractivity contribution is -0.243. The highest BCUT2D eigenvalue weighted by atomic mass is 19.1. The van der Waals surface area contributed by atoms with Gasteiger partial charge in [0.25, 0.3) is 0 Å². The van der Waals surface area contributed by atoms with E-state index in [0.29, 0.717) is 25.7 Å². The molecule has 0 amide bonds. The molecule has 3 heterocycles. The van der Waals surface area contributed by atoms with Gasteiger partial charge >= 0.3 is 6.08 Å². The second-order valence-electron chi connectivity index (χ2n) is 11.6. The van der Waals surface area contributed by atoms with Crippen molar-refractivity contribution in [1.82, 2.24) is 25.1 Å². The first kappa shape index (κ1) is 24.0. The summed E-state index contributed by atoms with van der Waals surface area (Å²) in [7, 11) is 0. The number of nitrogens with zero attached hydrogens (tertiary/aromatic N) is 5. The van der Waals surface area contributed by atoms with Crippen molar-refractivity contribution in [3.63, 3.8) is 0 Å². The van der Waals surface area contributed by atoms with E-state index >= 15 is 0 Å². The van der Waals surface area contributed by atoms with Gasteiger partial charge in [0.1, 0.15) is 0 Å².